The number of quaternary nitrogens is 1. The molecule has 1 aliphatic heterocycles. The molecule has 7 nitrogen and oxygen atoms in total. The van der Waals surface area contributed by atoms with Crippen LogP contribution < -0.4 is 0 Å². The van der Waals surface area contributed by atoms with E-state index in [1.54, 1.807) is 6.92 Å². The standard InChI is InChI=1S/C8H15F3NO.C2F6NO4S2/c1-2-12(7-8(9,10)11)3-5-13-6-4-12;3-1(4,5)14(10,11)9-15(12,13)2(6,7)8/h2-7H2,1H3;/q+1;-1. The highest BCUT2D eigenvalue weighted by Crippen LogP contribution is 2.36. The van der Waals surface area contributed by atoms with E-state index in [1.807, 2.05) is 0 Å². The van der Waals surface area contributed by atoms with Crippen molar-refractivity contribution in [2.75, 3.05) is 39.4 Å². The topological polar surface area (TPSA) is 91.6 Å². The van der Waals surface area contributed by atoms with Gasteiger partial charge in [0.2, 0.25) is 0 Å². The lowest BCUT2D eigenvalue weighted by Crippen LogP contribution is -2.58. The molecular weight excluding hydrogens is 463 g/mol. The monoisotopic (exact) mass is 478 g/mol. The van der Waals surface area contributed by atoms with Gasteiger partial charge < -0.3 is 13.3 Å². The second kappa shape index (κ2) is 8.88. The predicted molar refractivity (Wildman–Crippen MR) is 75.6 cm³/mol. The quantitative estimate of drug-likeness (QED) is 0.458. The maximum absolute atomic E-state index is 12.2. The summed E-state index contributed by atoms with van der Waals surface area (Å²) in [6.45, 7) is 3.48. The molecule has 0 atom stereocenters. The van der Waals surface area contributed by atoms with Crippen molar-refractivity contribution in [3.05, 3.63) is 4.13 Å². The maximum atomic E-state index is 12.2. The van der Waals surface area contributed by atoms with E-state index in [0.29, 0.717) is 32.8 Å². The molecule has 1 fully saturated rings. The van der Waals surface area contributed by atoms with Crippen LogP contribution in [0.1, 0.15) is 6.92 Å². The summed E-state index contributed by atoms with van der Waals surface area (Å²) >= 11 is 0. The number of likely N-dealkylation sites (N-methyl/N-ethyl adjacent to an activating group) is 1. The molecule has 0 aromatic rings. The minimum absolute atomic E-state index is 0.128. The lowest BCUT2D eigenvalue weighted by molar-refractivity contribution is -0.942. The van der Waals surface area contributed by atoms with Crippen LogP contribution in [0.25, 0.3) is 4.13 Å². The Morgan fingerprint density at radius 2 is 1.18 bits per heavy atom. The van der Waals surface area contributed by atoms with E-state index in [-0.39, 0.29) is 4.48 Å². The Morgan fingerprint density at radius 1 is 0.821 bits per heavy atom. The molecule has 0 spiro atoms. The normalized spacial score (nSPS) is 18.9. The number of nitrogens with zero attached hydrogens (tertiary/aromatic N) is 2. The Bertz CT molecular complexity index is 665. The number of halogens is 9. The maximum Gasteiger partial charge on any atom is 0.480 e. The van der Waals surface area contributed by atoms with E-state index in [0.717, 1.165) is 4.13 Å². The summed E-state index contributed by atoms with van der Waals surface area (Å²) in [7, 11) is -13.4. The van der Waals surface area contributed by atoms with Gasteiger partial charge in [0, 0.05) is 0 Å². The molecule has 0 radical (unpaired) electrons. The number of morpholine rings is 1. The second-order valence-electron chi connectivity index (χ2n) is 5.41. The molecule has 1 saturated heterocycles. The Kier molecular flexibility index (Phi) is 8.61. The molecule has 1 aliphatic rings. The molecule has 18 heteroatoms. The molecule has 0 aromatic carbocycles. The molecule has 0 N–H and O–H groups in total. The first-order valence-electron chi connectivity index (χ1n) is 7.04. The predicted octanol–water partition coefficient (Wildman–Crippen LogP) is 2.47. The lowest BCUT2D eigenvalue weighted by Gasteiger charge is -2.40. The molecular formula is C10H15F9N2O5S2. The fourth-order valence-corrected chi connectivity index (χ4v) is 3.62. The van der Waals surface area contributed by atoms with Crippen LogP contribution in [0.2, 0.25) is 0 Å². The van der Waals surface area contributed by atoms with Crippen molar-refractivity contribution >= 4 is 20.0 Å². The van der Waals surface area contributed by atoms with Crippen molar-refractivity contribution in [2.24, 2.45) is 0 Å². The molecule has 28 heavy (non-hydrogen) atoms. The zero-order valence-electron chi connectivity index (χ0n) is 13.9. The smallest absolute Gasteiger partial charge is 0.421 e. The highest BCUT2D eigenvalue weighted by atomic mass is 32.3. The summed E-state index contributed by atoms with van der Waals surface area (Å²) in [6.07, 6.45) is -4.06. The van der Waals surface area contributed by atoms with Gasteiger partial charge in [-0.1, -0.05) is 0 Å². The van der Waals surface area contributed by atoms with Crippen LogP contribution in [0.5, 0.6) is 0 Å². The summed E-state index contributed by atoms with van der Waals surface area (Å²) < 4.78 is 151. The van der Waals surface area contributed by atoms with Gasteiger partial charge in [0.25, 0.3) is 0 Å². The van der Waals surface area contributed by atoms with E-state index in [2.05, 4.69) is 0 Å². The van der Waals surface area contributed by atoms with E-state index in [9.17, 15) is 56.3 Å². The van der Waals surface area contributed by atoms with E-state index < -0.39 is 43.8 Å². The van der Waals surface area contributed by atoms with Gasteiger partial charge in [-0.25, -0.2) is 16.8 Å². The summed E-state index contributed by atoms with van der Waals surface area (Å²) in [5.41, 5.74) is -12.4. The summed E-state index contributed by atoms with van der Waals surface area (Å²) in [4.78, 5) is 0. The number of rotatable bonds is 4. The lowest BCUT2D eigenvalue weighted by atomic mass is 10.3. The molecule has 0 bridgehead atoms. The highest BCUT2D eigenvalue weighted by molar-refractivity contribution is 8.13. The van der Waals surface area contributed by atoms with Crippen LogP contribution in [-0.4, -0.2) is 77.9 Å². The minimum Gasteiger partial charge on any atom is -0.421 e. The van der Waals surface area contributed by atoms with E-state index in [4.69, 9.17) is 4.74 Å². The van der Waals surface area contributed by atoms with Gasteiger partial charge in [-0.15, -0.1) is 0 Å². The second-order valence-corrected chi connectivity index (χ2v) is 8.83. The first-order valence-corrected chi connectivity index (χ1v) is 9.92. The van der Waals surface area contributed by atoms with E-state index >= 15 is 0 Å². The Morgan fingerprint density at radius 3 is 1.43 bits per heavy atom. The first-order chi connectivity index (χ1) is 12.2. The van der Waals surface area contributed by atoms with Crippen LogP contribution in [0, 0.1) is 0 Å². The summed E-state index contributed by atoms with van der Waals surface area (Å²) in [5, 5.41) is 0. The third-order valence-electron chi connectivity index (χ3n) is 3.39. The molecule has 0 unspecified atom stereocenters. The van der Waals surface area contributed by atoms with Crippen LogP contribution in [-0.2, 0) is 24.8 Å². The van der Waals surface area contributed by atoms with E-state index in [1.165, 1.54) is 0 Å². The average molecular weight is 478 g/mol. The number of hydrogen-bond acceptors (Lipinski definition) is 5. The Labute approximate surface area is 154 Å². The zero-order chi connectivity index (χ0) is 22.7. The van der Waals surface area contributed by atoms with Gasteiger partial charge in [0.1, 0.15) is 13.1 Å². The highest BCUT2D eigenvalue weighted by Gasteiger charge is 2.47. The average Bonchev–Trinajstić information content (AvgIpc) is 2.43. The first kappa shape index (κ1) is 27.1. The number of hydrogen-bond donors (Lipinski definition) is 0. The molecule has 0 amide bonds. The van der Waals surface area contributed by atoms with Gasteiger partial charge in [0.05, 0.1) is 19.8 Å². The largest absolute Gasteiger partial charge is 0.480 e. The van der Waals surface area contributed by atoms with Gasteiger partial charge >= 0.3 is 17.2 Å². The fraction of sp³-hybridized carbons (Fsp3) is 1.00. The van der Waals surface area contributed by atoms with Gasteiger partial charge in [-0.2, -0.15) is 39.5 Å². The van der Waals surface area contributed by atoms with Crippen LogP contribution in [0.3, 0.4) is 0 Å². The van der Waals surface area contributed by atoms with Crippen LogP contribution >= 0.6 is 0 Å². The molecule has 0 aromatic heterocycles. The third kappa shape index (κ3) is 8.26. The van der Waals surface area contributed by atoms with Crippen molar-refractivity contribution < 1.29 is 65.6 Å². The van der Waals surface area contributed by atoms with Gasteiger partial charge in [-0.3, -0.25) is 0 Å². The van der Waals surface area contributed by atoms with Crippen molar-refractivity contribution in [2.45, 2.75) is 24.1 Å². The molecule has 0 saturated carbocycles. The van der Waals surface area contributed by atoms with Crippen molar-refractivity contribution in [3.8, 4) is 0 Å². The molecule has 1 heterocycles. The fourth-order valence-electron chi connectivity index (χ4n) is 1.91. The van der Waals surface area contributed by atoms with Crippen molar-refractivity contribution in [1.82, 2.24) is 0 Å². The number of alkyl halides is 9. The summed E-state index contributed by atoms with van der Waals surface area (Å²) in [6, 6.07) is 0. The van der Waals surface area contributed by atoms with Gasteiger partial charge in [-0.05, 0) is 6.92 Å². The van der Waals surface area contributed by atoms with Crippen LogP contribution in [0.15, 0.2) is 0 Å². The molecule has 1 rings (SSSR count). The zero-order valence-corrected chi connectivity index (χ0v) is 15.5. The molecule has 170 valence electrons. The minimum atomic E-state index is -6.72. The van der Waals surface area contributed by atoms with Gasteiger partial charge in [0.15, 0.2) is 26.6 Å². The molecule has 0 aliphatic carbocycles. The van der Waals surface area contributed by atoms with Crippen molar-refractivity contribution in [1.29, 1.82) is 0 Å². The number of sulfonamides is 2. The summed E-state index contributed by atoms with van der Waals surface area (Å²) in [5.74, 6) is 0. The third-order valence-corrected chi connectivity index (χ3v) is 6.13. The SMILES string of the molecule is CC[N+]1(CC(F)(F)F)CCOCC1.O=S(=O)([N-]S(=O)(=O)C(F)(F)F)C(F)(F)F. The van der Waals surface area contributed by atoms with Crippen molar-refractivity contribution in [3.63, 3.8) is 0 Å². The van der Waals surface area contributed by atoms with Crippen LogP contribution in [0.4, 0.5) is 39.5 Å². The Hall–Kier alpha value is -0.850. The number of ether oxygens (including phenoxy) is 1. The Balaban J connectivity index is 0.000000525.